The van der Waals surface area contributed by atoms with Gasteiger partial charge < -0.3 is 10.1 Å². The van der Waals surface area contributed by atoms with E-state index in [0.717, 1.165) is 27.6 Å². The largest absolute Gasteiger partial charge is 0.370 e. The molecule has 0 atom stereocenters. The van der Waals surface area contributed by atoms with Gasteiger partial charge in [0, 0.05) is 17.0 Å². The van der Waals surface area contributed by atoms with Gasteiger partial charge in [-0.1, -0.05) is 0 Å². The number of nitrogens with zero attached hydrogens (tertiary/aromatic N) is 1. The molecule has 1 aromatic rings. The highest BCUT2D eigenvalue weighted by atomic mass is 32.1. The maximum atomic E-state index is 11.1. The van der Waals surface area contributed by atoms with Crippen LogP contribution in [-0.2, 0) is 22.6 Å². The minimum absolute atomic E-state index is 0.0145. The molecule has 0 fully saturated rings. The zero-order valence-electron chi connectivity index (χ0n) is 12.2. The smallest absolute Gasteiger partial charge is 0.154 e. The number of fused-ring (bicyclic) bond motifs is 1. The summed E-state index contributed by atoms with van der Waals surface area (Å²) in [4.78, 5) is 12.2. The molecule has 0 unspecified atom stereocenters. The molecule has 0 saturated heterocycles. The lowest BCUT2D eigenvalue weighted by atomic mass is 9.93. The van der Waals surface area contributed by atoms with Gasteiger partial charge >= 0.3 is 0 Å². The van der Waals surface area contributed by atoms with Gasteiger partial charge in [-0.15, -0.1) is 11.3 Å². The average molecular weight is 290 g/mol. The van der Waals surface area contributed by atoms with Crippen molar-refractivity contribution < 1.29 is 9.53 Å². The molecule has 1 N–H and O–H groups in total. The highest BCUT2D eigenvalue weighted by Crippen LogP contribution is 2.40. The number of ether oxygens (including phenoxy) is 1. The Morgan fingerprint density at radius 1 is 1.50 bits per heavy atom. The van der Waals surface area contributed by atoms with Crippen LogP contribution in [0, 0.1) is 11.3 Å². The Morgan fingerprint density at radius 2 is 2.20 bits per heavy atom. The molecule has 106 valence electrons. The zero-order chi connectivity index (χ0) is 14.9. The number of carbonyl (C=O) groups is 1. The summed E-state index contributed by atoms with van der Waals surface area (Å²) in [6, 6.07) is 2.28. The molecule has 0 spiro atoms. The number of ketones is 1. The molecule has 0 amide bonds. The summed E-state index contributed by atoms with van der Waals surface area (Å²) in [5, 5.41) is 13.4. The van der Waals surface area contributed by atoms with Gasteiger partial charge in [-0.05, 0) is 39.3 Å². The number of hydrogen-bond acceptors (Lipinski definition) is 5. The van der Waals surface area contributed by atoms with Gasteiger partial charge in [-0.2, -0.15) is 5.26 Å². The molecule has 20 heavy (non-hydrogen) atoms. The van der Waals surface area contributed by atoms with E-state index in [1.54, 1.807) is 0 Å². The zero-order valence-corrected chi connectivity index (χ0v) is 13.0. The van der Waals surface area contributed by atoms with Crippen molar-refractivity contribution in [2.45, 2.75) is 46.3 Å². The molecule has 1 aromatic heterocycles. The summed E-state index contributed by atoms with van der Waals surface area (Å²) in [7, 11) is 0. The molecule has 0 aliphatic carbocycles. The van der Waals surface area contributed by atoms with Crippen molar-refractivity contribution in [2.24, 2.45) is 0 Å². The number of nitrogens with one attached hydrogen (secondary N) is 1. The lowest BCUT2D eigenvalue weighted by molar-refractivity contribution is -0.112. The number of nitriles is 1. The van der Waals surface area contributed by atoms with E-state index < -0.39 is 0 Å². The predicted octanol–water partition coefficient (Wildman–Crippen LogP) is 3.38. The van der Waals surface area contributed by atoms with Gasteiger partial charge in [-0.25, -0.2) is 0 Å². The van der Waals surface area contributed by atoms with Crippen LogP contribution < -0.4 is 5.32 Å². The molecule has 0 aromatic carbocycles. The van der Waals surface area contributed by atoms with Crippen LogP contribution in [0.2, 0.25) is 0 Å². The molecule has 1 aliphatic heterocycles. The fourth-order valence-electron chi connectivity index (χ4n) is 2.28. The van der Waals surface area contributed by atoms with Crippen molar-refractivity contribution >= 4 is 22.1 Å². The van der Waals surface area contributed by atoms with Crippen molar-refractivity contribution in [3.63, 3.8) is 0 Å². The van der Waals surface area contributed by atoms with E-state index in [1.807, 2.05) is 20.8 Å². The second-order valence-corrected chi connectivity index (χ2v) is 6.71. The molecular formula is C15H18N2O2S. The van der Waals surface area contributed by atoms with E-state index in [0.29, 0.717) is 12.2 Å². The topological polar surface area (TPSA) is 62.1 Å². The monoisotopic (exact) mass is 290 g/mol. The summed E-state index contributed by atoms with van der Waals surface area (Å²) < 4.78 is 5.78. The molecule has 1 aliphatic rings. The van der Waals surface area contributed by atoms with Crippen molar-refractivity contribution in [1.29, 1.82) is 5.26 Å². The van der Waals surface area contributed by atoms with Crippen LogP contribution in [0.1, 0.15) is 43.7 Å². The number of carbonyl (C=O) groups excluding carboxylic acids is 1. The molecule has 2 rings (SSSR count). The first-order chi connectivity index (χ1) is 9.32. The fraction of sp³-hybridized carbons (Fsp3) is 0.467. The van der Waals surface area contributed by atoms with Crippen LogP contribution in [0.4, 0.5) is 5.00 Å². The third-order valence-electron chi connectivity index (χ3n) is 3.13. The average Bonchev–Trinajstić information content (AvgIpc) is 2.62. The van der Waals surface area contributed by atoms with E-state index in [1.165, 1.54) is 24.3 Å². The van der Waals surface area contributed by atoms with Crippen LogP contribution in [0.15, 0.2) is 11.8 Å². The van der Waals surface area contributed by atoms with E-state index in [9.17, 15) is 10.1 Å². The molecular weight excluding hydrogens is 272 g/mol. The molecule has 0 bridgehead atoms. The Balaban J connectivity index is 2.36. The van der Waals surface area contributed by atoms with Crippen molar-refractivity contribution in [3.8, 4) is 6.07 Å². The fourth-order valence-corrected chi connectivity index (χ4v) is 3.42. The molecule has 4 nitrogen and oxygen atoms in total. The molecule has 2 heterocycles. The summed E-state index contributed by atoms with van der Waals surface area (Å²) in [5.74, 6) is -0.0145. The van der Waals surface area contributed by atoms with E-state index in [2.05, 4.69) is 11.4 Å². The standard InChI is InChI=1S/C15H18N2O2S/c1-9(5-10(2)18)17-14-12(7-16)11-6-15(3,4)19-8-13(11)20-14/h5,17H,6,8H2,1-4H3/b9-5+. The minimum Gasteiger partial charge on any atom is -0.370 e. The Hall–Kier alpha value is -1.64. The van der Waals surface area contributed by atoms with Crippen LogP contribution in [0.3, 0.4) is 0 Å². The van der Waals surface area contributed by atoms with Crippen molar-refractivity contribution in [3.05, 3.63) is 27.8 Å². The third-order valence-corrected chi connectivity index (χ3v) is 4.25. The third kappa shape index (κ3) is 3.09. The van der Waals surface area contributed by atoms with E-state index in [4.69, 9.17) is 4.74 Å². The lowest BCUT2D eigenvalue weighted by Gasteiger charge is -2.29. The van der Waals surface area contributed by atoms with Crippen LogP contribution >= 0.6 is 11.3 Å². The predicted molar refractivity (Wildman–Crippen MR) is 79.7 cm³/mol. The minimum atomic E-state index is -0.235. The Bertz CT molecular complexity index is 621. The second-order valence-electron chi connectivity index (χ2n) is 5.61. The van der Waals surface area contributed by atoms with Crippen molar-refractivity contribution in [1.82, 2.24) is 0 Å². The van der Waals surface area contributed by atoms with Crippen LogP contribution in [0.5, 0.6) is 0 Å². The van der Waals surface area contributed by atoms with Gasteiger partial charge in [0.15, 0.2) is 5.78 Å². The normalized spacial score (nSPS) is 17.2. The molecule has 5 heteroatoms. The highest BCUT2D eigenvalue weighted by Gasteiger charge is 2.31. The number of hydrogen-bond donors (Lipinski definition) is 1. The first-order valence-electron chi connectivity index (χ1n) is 6.47. The highest BCUT2D eigenvalue weighted by molar-refractivity contribution is 7.16. The van der Waals surface area contributed by atoms with Crippen LogP contribution in [0.25, 0.3) is 0 Å². The number of rotatable bonds is 3. The summed E-state index contributed by atoms with van der Waals surface area (Å²) in [6.07, 6.45) is 2.26. The first kappa shape index (κ1) is 14.8. The SMILES string of the molecule is CC(=O)/C=C(\C)Nc1sc2c(c1C#N)CC(C)(C)OC2. The van der Waals surface area contributed by atoms with Gasteiger partial charge in [0.2, 0.25) is 0 Å². The van der Waals surface area contributed by atoms with E-state index in [-0.39, 0.29) is 11.4 Å². The van der Waals surface area contributed by atoms with E-state index >= 15 is 0 Å². The summed E-state index contributed by atoms with van der Waals surface area (Å²) in [6.45, 7) is 7.93. The number of anilines is 1. The first-order valence-corrected chi connectivity index (χ1v) is 7.28. The van der Waals surface area contributed by atoms with Crippen molar-refractivity contribution in [2.75, 3.05) is 5.32 Å². The van der Waals surface area contributed by atoms with Gasteiger partial charge in [0.25, 0.3) is 0 Å². The maximum Gasteiger partial charge on any atom is 0.154 e. The van der Waals surface area contributed by atoms with Gasteiger partial charge in [0.05, 0.1) is 17.8 Å². The Kier molecular flexibility index (Phi) is 3.98. The number of thiophene rings is 1. The Morgan fingerprint density at radius 3 is 2.80 bits per heavy atom. The lowest BCUT2D eigenvalue weighted by Crippen LogP contribution is -2.31. The summed E-state index contributed by atoms with van der Waals surface area (Å²) >= 11 is 1.53. The van der Waals surface area contributed by atoms with Gasteiger partial charge in [-0.3, -0.25) is 4.79 Å². The summed E-state index contributed by atoms with van der Waals surface area (Å²) in [5.41, 5.74) is 2.26. The van der Waals surface area contributed by atoms with Gasteiger partial charge in [0.1, 0.15) is 11.1 Å². The molecule has 0 radical (unpaired) electrons. The molecule has 0 saturated carbocycles. The maximum absolute atomic E-state index is 11.1. The second kappa shape index (κ2) is 5.39. The quantitative estimate of drug-likeness (QED) is 0.867. The number of allylic oxidation sites excluding steroid dienone is 2. The van der Waals surface area contributed by atoms with Crippen LogP contribution in [-0.4, -0.2) is 11.4 Å². The Labute approximate surface area is 123 Å².